The number of primary sulfonamides is 1. The molecule has 2 aromatic carbocycles. The van der Waals surface area contributed by atoms with Crippen LogP contribution < -0.4 is 15.2 Å². The Morgan fingerprint density at radius 1 is 1.03 bits per heavy atom. The van der Waals surface area contributed by atoms with Crippen molar-refractivity contribution in [2.24, 2.45) is 5.14 Å². The predicted molar refractivity (Wildman–Crippen MR) is 133 cm³/mol. The number of rotatable bonds is 8. The van der Waals surface area contributed by atoms with Gasteiger partial charge < -0.3 is 10.1 Å². The van der Waals surface area contributed by atoms with E-state index in [4.69, 9.17) is 9.88 Å². The lowest BCUT2D eigenvalue weighted by Gasteiger charge is -2.35. The SMILES string of the molecule is CCOC1=CC=C(C=Cc2ccccc2)C(S(N)(=O)=O)(S(=O)(=O)Nc2cccc3c2CNC3)C1. The van der Waals surface area contributed by atoms with Crippen molar-refractivity contribution in [2.75, 3.05) is 11.3 Å². The number of fused-ring (bicyclic) bond motifs is 1. The summed E-state index contributed by atoms with van der Waals surface area (Å²) in [7, 11) is -9.30. The van der Waals surface area contributed by atoms with E-state index < -0.39 is 30.5 Å². The summed E-state index contributed by atoms with van der Waals surface area (Å²) in [5.41, 5.74) is 2.86. The molecule has 0 saturated heterocycles. The second kappa shape index (κ2) is 9.38. The third kappa shape index (κ3) is 4.41. The van der Waals surface area contributed by atoms with Gasteiger partial charge in [0.15, 0.2) is 0 Å². The molecule has 2 aliphatic rings. The first-order chi connectivity index (χ1) is 16.2. The minimum absolute atomic E-state index is 0.0282. The largest absolute Gasteiger partial charge is 0.498 e. The van der Waals surface area contributed by atoms with Gasteiger partial charge in [-0.1, -0.05) is 60.7 Å². The number of anilines is 1. The molecule has 2 aromatic rings. The highest BCUT2D eigenvalue weighted by Crippen LogP contribution is 2.43. The van der Waals surface area contributed by atoms with E-state index in [1.54, 1.807) is 31.2 Å². The maximum Gasteiger partial charge on any atom is 0.259 e. The average molecular weight is 502 g/mol. The molecule has 1 unspecified atom stereocenters. The standard InChI is InChI=1S/C24H27N3O5S2/c1-2-32-21-14-13-20(12-11-18-7-4-3-5-8-18)24(15-21,33(25,28)29)34(30,31)27-23-10-6-9-19-16-26-17-22(19)23/h3-14,26-27H,2,15-17H2,1H3,(H2,25,28,29). The molecule has 1 aliphatic heterocycles. The van der Waals surface area contributed by atoms with Gasteiger partial charge >= 0.3 is 0 Å². The van der Waals surface area contributed by atoms with E-state index in [2.05, 4.69) is 10.0 Å². The number of ether oxygens (including phenoxy) is 1. The van der Waals surface area contributed by atoms with E-state index in [0.717, 1.165) is 16.7 Å². The summed E-state index contributed by atoms with van der Waals surface area (Å²) < 4.78 is 59.8. The topological polar surface area (TPSA) is 128 Å². The summed E-state index contributed by atoms with van der Waals surface area (Å²) in [6.45, 7) is 3.06. The van der Waals surface area contributed by atoms with Gasteiger partial charge in [0.05, 0.1) is 18.1 Å². The highest BCUT2D eigenvalue weighted by Gasteiger charge is 2.58. The van der Waals surface area contributed by atoms with Gasteiger partial charge in [0.25, 0.3) is 10.0 Å². The maximum absolute atomic E-state index is 13.9. The predicted octanol–water partition coefficient (Wildman–Crippen LogP) is 2.98. The molecular formula is C24H27N3O5S2. The van der Waals surface area contributed by atoms with Gasteiger partial charge in [-0.15, -0.1) is 0 Å². The number of nitrogens with two attached hydrogens (primary N) is 1. The van der Waals surface area contributed by atoms with Crippen LogP contribution in [0.5, 0.6) is 0 Å². The minimum Gasteiger partial charge on any atom is -0.498 e. The molecule has 4 rings (SSSR count). The quantitative estimate of drug-likeness (QED) is 0.510. The van der Waals surface area contributed by atoms with Crippen LogP contribution >= 0.6 is 0 Å². The lowest BCUT2D eigenvalue weighted by Crippen LogP contribution is -2.54. The Labute approximate surface area is 200 Å². The molecule has 0 amide bonds. The van der Waals surface area contributed by atoms with Crippen molar-refractivity contribution in [1.29, 1.82) is 0 Å². The van der Waals surface area contributed by atoms with Crippen LogP contribution in [0.15, 0.2) is 78.1 Å². The molecular weight excluding hydrogens is 474 g/mol. The first kappa shape index (κ1) is 24.2. The van der Waals surface area contributed by atoms with Gasteiger partial charge in [-0.3, -0.25) is 4.72 Å². The third-order valence-corrected chi connectivity index (χ3v) is 10.3. The van der Waals surface area contributed by atoms with Crippen LogP contribution in [0.3, 0.4) is 0 Å². The molecule has 0 aromatic heterocycles. The van der Waals surface area contributed by atoms with Crippen LogP contribution in [-0.4, -0.2) is 27.5 Å². The molecule has 0 radical (unpaired) electrons. The fourth-order valence-corrected chi connectivity index (χ4v) is 7.82. The summed E-state index contributed by atoms with van der Waals surface area (Å²) in [5, 5.41) is 8.87. The monoisotopic (exact) mass is 501 g/mol. The van der Waals surface area contributed by atoms with Crippen molar-refractivity contribution < 1.29 is 21.6 Å². The Hall–Kier alpha value is -2.92. The number of hydrogen-bond donors (Lipinski definition) is 3. The first-order valence-corrected chi connectivity index (χ1v) is 13.8. The van der Waals surface area contributed by atoms with Crippen molar-refractivity contribution in [3.8, 4) is 0 Å². The van der Waals surface area contributed by atoms with Crippen molar-refractivity contribution in [2.45, 2.75) is 30.5 Å². The Morgan fingerprint density at radius 2 is 1.79 bits per heavy atom. The van der Waals surface area contributed by atoms with Crippen LogP contribution in [0.25, 0.3) is 6.08 Å². The fraction of sp³-hybridized carbons (Fsp3) is 0.250. The Balaban J connectivity index is 1.85. The molecule has 4 N–H and O–H groups in total. The molecule has 34 heavy (non-hydrogen) atoms. The molecule has 0 bridgehead atoms. The Bertz CT molecular complexity index is 1380. The summed E-state index contributed by atoms with van der Waals surface area (Å²) in [6.07, 6.45) is 5.71. The third-order valence-electron chi connectivity index (χ3n) is 5.91. The van der Waals surface area contributed by atoms with E-state index >= 15 is 0 Å². The van der Waals surface area contributed by atoms with Crippen LogP contribution in [0, 0.1) is 0 Å². The molecule has 0 spiro atoms. The lowest BCUT2D eigenvalue weighted by atomic mass is 10.0. The summed E-state index contributed by atoms with van der Waals surface area (Å²) >= 11 is 0. The van der Waals surface area contributed by atoms with Gasteiger partial charge in [-0.05, 0) is 41.3 Å². The second-order valence-electron chi connectivity index (χ2n) is 8.06. The van der Waals surface area contributed by atoms with Crippen LogP contribution in [0.1, 0.15) is 30.0 Å². The molecule has 8 nitrogen and oxygen atoms in total. The molecule has 10 heteroatoms. The number of nitrogens with one attached hydrogen (secondary N) is 2. The zero-order chi connectivity index (χ0) is 24.4. The van der Waals surface area contributed by atoms with Gasteiger partial charge in [0.1, 0.15) is 0 Å². The molecule has 0 saturated carbocycles. The van der Waals surface area contributed by atoms with E-state index in [0.29, 0.717) is 18.8 Å². The zero-order valence-corrected chi connectivity index (χ0v) is 20.3. The van der Waals surface area contributed by atoms with E-state index in [-0.39, 0.29) is 17.9 Å². The highest BCUT2D eigenvalue weighted by molar-refractivity contribution is 8.10. The second-order valence-corrected chi connectivity index (χ2v) is 12.0. The molecule has 1 heterocycles. The van der Waals surface area contributed by atoms with E-state index in [1.807, 2.05) is 36.4 Å². The highest BCUT2D eigenvalue weighted by atomic mass is 32.3. The normalized spacial score (nSPS) is 20.5. The van der Waals surface area contributed by atoms with Gasteiger partial charge in [-0.25, -0.2) is 22.0 Å². The molecule has 0 fully saturated rings. The van der Waals surface area contributed by atoms with Crippen molar-refractivity contribution >= 4 is 31.8 Å². The Morgan fingerprint density at radius 3 is 2.50 bits per heavy atom. The van der Waals surface area contributed by atoms with Crippen LogP contribution in [0.2, 0.25) is 0 Å². The van der Waals surface area contributed by atoms with Crippen LogP contribution in [0.4, 0.5) is 5.69 Å². The van der Waals surface area contributed by atoms with Gasteiger partial charge in [0.2, 0.25) is 14.1 Å². The fourth-order valence-electron chi connectivity index (χ4n) is 4.24. The molecule has 180 valence electrons. The number of sulfonamides is 2. The zero-order valence-electron chi connectivity index (χ0n) is 18.7. The van der Waals surface area contributed by atoms with E-state index in [1.165, 1.54) is 12.2 Å². The van der Waals surface area contributed by atoms with Gasteiger partial charge in [-0.2, -0.15) is 0 Å². The van der Waals surface area contributed by atoms with E-state index in [9.17, 15) is 16.8 Å². The molecule has 1 aliphatic carbocycles. The van der Waals surface area contributed by atoms with Crippen molar-refractivity contribution in [1.82, 2.24) is 5.32 Å². The maximum atomic E-state index is 13.9. The minimum atomic E-state index is -4.69. The average Bonchev–Trinajstić information content (AvgIpc) is 3.28. The number of hydrogen-bond acceptors (Lipinski definition) is 6. The smallest absolute Gasteiger partial charge is 0.259 e. The summed E-state index contributed by atoms with van der Waals surface area (Å²) in [6, 6.07) is 14.4. The van der Waals surface area contributed by atoms with Crippen LogP contribution in [-0.2, 0) is 37.9 Å². The first-order valence-electron chi connectivity index (χ1n) is 10.8. The van der Waals surface area contributed by atoms with Crippen molar-refractivity contribution in [3.63, 3.8) is 0 Å². The number of allylic oxidation sites excluding steroid dienone is 4. The molecule has 1 atom stereocenters. The summed E-state index contributed by atoms with van der Waals surface area (Å²) in [5.74, 6) is 0.221. The lowest BCUT2D eigenvalue weighted by molar-refractivity contribution is 0.215. The van der Waals surface area contributed by atoms with Crippen molar-refractivity contribution in [3.05, 3.63) is 94.8 Å². The summed E-state index contributed by atoms with van der Waals surface area (Å²) in [4.78, 5) is 0. The van der Waals surface area contributed by atoms with Gasteiger partial charge in [0, 0.05) is 19.5 Å². The number of benzene rings is 2. The Kier molecular flexibility index (Phi) is 6.68.